The van der Waals surface area contributed by atoms with E-state index in [2.05, 4.69) is 0 Å². The van der Waals surface area contributed by atoms with Gasteiger partial charge < -0.3 is 0 Å². The summed E-state index contributed by atoms with van der Waals surface area (Å²) in [6, 6.07) is 4.34. The van der Waals surface area contributed by atoms with Crippen LogP contribution in [0.25, 0.3) is 0 Å². The molecule has 2 rings (SSSR count). The van der Waals surface area contributed by atoms with Crippen LogP contribution in [0.15, 0.2) is 24.3 Å². The molecule has 0 amide bonds. The van der Waals surface area contributed by atoms with Crippen molar-refractivity contribution in [3.63, 3.8) is 0 Å². The molecule has 1 aliphatic heterocycles. The Balaban J connectivity index is 2.24. The standard InChI is InChI=1S/C11H10F4IN/c12-10(5-6-17(16)7-10)8-1-3-9(4-2-8)11(13,14)15/h1-4H,5-7H2. The summed E-state index contributed by atoms with van der Waals surface area (Å²) in [7, 11) is 0. The van der Waals surface area contributed by atoms with E-state index in [1.165, 1.54) is 12.1 Å². The second-order valence-electron chi connectivity index (χ2n) is 4.13. The second kappa shape index (κ2) is 4.38. The van der Waals surface area contributed by atoms with Gasteiger partial charge in [-0.05, 0) is 17.7 Å². The Hall–Kier alpha value is -0.370. The van der Waals surface area contributed by atoms with E-state index in [4.69, 9.17) is 0 Å². The fourth-order valence-corrected chi connectivity index (χ4v) is 2.70. The maximum atomic E-state index is 14.4. The SMILES string of the molecule is FC(F)(F)c1ccc(C2(F)CCN(I)C2)cc1. The van der Waals surface area contributed by atoms with Gasteiger partial charge in [-0.1, -0.05) is 12.1 Å². The van der Waals surface area contributed by atoms with Gasteiger partial charge in [-0.3, -0.25) is 0 Å². The maximum absolute atomic E-state index is 14.4. The Bertz CT molecular complexity index is 403. The van der Waals surface area contributed by atoms with Crippen LogP contribution >= 0.6 is 22.9 Å². The molecule has 0 aromatic heterocycles. The van der Waals surface area contributed by atoms with Gasteiger partial charge >= 0.3 is 6.18 Å². The van der Waals surface area contributed by atoms with Crippen LogP contribution in [0.4, 0.5) is 17.6 Å². The van der Waals surface area contributed by atoms with Crippen molar-refractivity contribution in [2.75, 3.05) is 13.1 Å². The van der Waals surface area contributed by atoms with E-state index in [9.17, 15) is 17.6 Å². The molecule has 1 fully saturated rings. The van der Waals surface area contributed by atoms with Gasteiger partial charge in [0.25, 0.3) is 0 Å². The van der Waals surface area contributed by atoms with Crippen LogP contribution in [0.5, 0.6) is 0 Å². The van der Waals surface area contributed by atoms with Gasteiger partial charge in [-0.25, -0.2) is 7.50 Å². The largest absolute Gasteiger partial charge is 0.416 e. The first kappa shape index (κ1) is 13.1. The van der Waals surface area contributed by atoms with E-state index in [0.29, 0.717) is 18.5 Å². The predicted octanol–water partition coefficient (Wildman–Crippen LogP) is 3.93. The molecule has 17 heavy (non-hydrogen) atoms. The third-order valence-corrected chi connectivity index (χ3v) is 3.73. The molecule has 1 aromatic rings. The number of rotatable bonds is 1. The lowest BCUT2D eigenvalue weighted by Gasteiger charge is -2.20. The maximum Gasteiger partial charge on any atom is 0.416 e. The fourth-order valence-electron chi connectivity index (χ4n) is 1.92. The molecule has 0 bridgehead atoms. The van der Waals surface area contributed by atoms with Crippen LogP contribution < -0.4 is 0 Å². The summed E-state index contributed by atoms with van der Waals surface area (Å²) in [4.78, 5) is 0. The summed E-state index contributed by atoms with van der Waals surface area (Å²) in [5.41, 5.74) is -1.94. The molecule has 0 radical (unpaired) electrons. The predicted molar refractivity (Wildman–Crippen MR) is 64.4 cm³/mol. The van der Waals surface area contributed by atoms with Crippen molar-refractivity contribution < 1.29 is 17.6 Å². The molecule has 1 nitrogen and oxygen atoms in total. The summed E-state index contributed by atoms with van der Waals surface area (Å²) >= 11 is 2.02. The minimum Gasteiger partial charge on any atom is -0.244 e. The molecule has 1 heterocycles. The molecule has 1 unspecified atom stereocenters. The zero-order valence-electron chi connectivity index (χ0n) is 8.77. The first-order valence-corrected chi connectivity index (χ1v) is 6.05. The summed E-state index contributed by atoms with van der Waals surface area (Å²) < 4.78 is 53.3. The lowest BCUT2D eigenvalue weighted by Crippen LogP contribution is -2.22. The van der Waals surface area contributed by atoms with Crippen molar-refractivity contribution in [2.24, 2.45) is 0 Å². The summed E-state index contributed by atoms with van der Waals surface area (Å²) in [6.45, 7) is 0.830. The van der Waals surface area contributed by atoms with Crippen molar-refractivity contribution in [2.45, 2.75) is 18.3 Å². The first-order chi connectivity index (χ1) is 7.81. The molecular formula is C11H10F4IN. The lowest BCUT2D eigenvalue weighted by atomic mass is 9.94. The van der Waals surface area contributed by atoms with E-state index in [1.807, 2.05) is 22.9 Å². The Morgan fingerprint density at radius 3 is 2.18 bits per heavy atom. The summed E-state index contributed by atoms with van der Waals surface area (Å²) in [5.74, 6) is 0. The highest BCUT2D eigenvalue weighted by Crippen LogP contribution is 2.38. The molecule has 1 aliphatic rings. The average Bonchev–Trinajstić information content (AvgIpc) is 2.59. The van der Waals surface area contributed by atoms with E-state index >= 15 is 0 Å². The van der Waals surface area contributed by atoms with Gasteiger partial charge in [0, 0.05) is 42.4 Å². The van der Waals surface area contributed by atoms with E-state index in [-0.39, 0.29) is 6.54 Å². The number of hydrogen-bond donors (Lipinski definition) is 0. The van der Waals surface area contributed by atoms with Crippen LogP contribution in [-0.2, 0) is 11.8 Å². The van der Waals surface area contributed by atoms with Crippen LogP contribution in [0.2, 0.25) is 0 Å². The van der Waals surface area contributed by atoms with Crippen molar-refractivity contribution in [3.05, 3.63) is 35.4 Å². The quantitative estimate of drug-likeness (QED) is 0.417. The van der Waals surface area contributed by atoms with Crippen LogP contribution in [0, 0.1) is 0 Å². The third-order valence-electron chi connectivity index (χ3n) is 2.90. The highest BCUT2D eigenvalue weighted by Gasteiger charge is 2.39. The first-order valence-electron chi connectivity index (χ1n) is 5.09. The monoisotopic (exact) mass is 359 g/mol. The van der Waals surface area contributed by atoms with E-state index in [1.54, 1.807) is 3.11 Å². The highest BCUT2D eigenvalue weighted by atomic mass is 127. The molecule has 1 atom stereocenters. The average molecular weight is 359 g/mol. The minimum atomic E-state index is -4.37. The smallest absolute Gasteiger partial charge is 0.244 e. The molecule has 0 aliphatic carbocycles. The normalized spacial score (nSPS) is 26.4. The van der Waals surface area contributed by atoms with Gasteiger partial charge in [0.15, 0.2) is 5.67 Å². The summed E-state index contributed by atoms with van der Waals surface area (Å²) in [5, 5.41) is 0. The Labute approximate surface area is 110 Å². The van der Waals surface area contributed by atoms with Crippen molar-refractivity contribution in [1.82, 2.24) is 3.11 Å². The van der Waals surface area contributed by atoms with Gasteiger partial charge in [0.1, 0.15) is 0 Å². The summed E-state index contributed by atoms with van der Waals surface area (Å²) in [6.07, 6.45) is -4.05. The lowest BCUT2D eigenvalue weighted by molar-refractivity contribution is -0.137. The number of halogens is 5. The molecule has 1 aromatic carbocycles. The molecule has 6 heteroatoms. The van der Waals surface area contributed by atoms with E-state index in [0.717, 1.165) is 12.1 Å². The van der Waals surface area contributed by atoms with Crippen LogP contribution in [0.1, 0.15) is 17.5 Å². The van der Waals surface area contributed by atoms with Crippen molar-refractivity contribution >= 4 is 22.9 Å². The number of benzene rings is 1. The zero-order valence-corrected chi connectivity index (χ0v) is 10.9. The van der Waals surface area contributed by atoms with Crippen LogP contribution in [0.3, 0.4) is 0 Å². The van der Waals surface area contributed by atoms with Crippen molar-refractivity contribution in [1.29, 1.82) is 0 Å². The van der Waals surface area contributed by atoms with Gasteiger partial charge in [0.2, 0.25) is 0 Å². The van der Waals surface area contributed by atoms with Gasteiger partial charge in [0.05, 0.1) is 5.56 Å². The van der Waals surface area contributed by atoms with Crippen LogP contribution in [-0.4, -0.2) is 16.2 Å². The Kier molecular flexibility index (Phi) is 3.37. The fraction of sp³-hybridized carbons (Fsp3) is 0.455. The molecule has 94 valence electrons. The second-order valence-corrected chi connectivity index (χ2v) is 5.50. The Morgan fingerprint density at radius 1 is 1.18 bits per heavy atom. The zero-order chi connectivity index (χ0) is 12.7. The minimum absolute atomic E-state index is 0.221. The number of alkyl halides is 4. The molecule has 1 saturated heterocycles. The van der Waals surface area contributed by atoms with Gasteiger partial charge in [-0.15, -0.1) is 0 Å². The number of hydrogen-bond acceptors (Lipinski definition) is 1. The van der Waals surface area contributed by atoms with Gasteiger partial charge in [-0.2, -0.15) is 13.2 Å². The third kappa shape index (κ3) is 2.73. The molecular weight excluding hydrogens is 349 g/mol. The number of nitrogens with zero attached hydrogens (tertiary/aromatic N) is 1. The van der Waals surface area contributed by atoms with E-state index < -0.39 is 17.4 Å². The topological polar surface area (TPSA) is 3.24 Å². The molecule has 0 N–H and O–H groups in total. The van der Waals surface area contributed by atoms with Crippen molar-refractivity contribution in [3.8, 4) is 0 Å². The highest BCUT2D eigenvalue weighted by molar-refractivity contribution is 14.1. The molecule has 0 saturated carbocycles. The molecule has 0 spiro atoms. The Morgan fingerprint density at radius 2 is 1.76 bits per heavy atom.